The van der Waals surface area contributed by atoms with E-state index in [0.717, 1.165) is 0 Å². The molecule has 0 atom stereocenters. The molecule has 0 aromatic carbocycles. The molecule has 1 saturated heterocycles. The van der Waals surface area contributed by atoms with Gasteiger partial charge in [-0.2, -0.15) is 11.8 Å². The standard InChI is InChI=1S/C4H8S.Co/c1-2-4-5-3-1;/h1-4H2;. The number of hydrogen-bond donors (Lipinski definition) is 0. The molecule has 0 N–H and O–H groups in total. The minimum atomic E-state index is 0. The summed E-state index contributed by atoms with van der Waals surface area (Å²) in [6.07, 6.45) is 2.93. The molecule has 1 aliphatic rings. The maximum Gasteiger partial charge on any atom is 0 e. The molecule has 2 heteroatoms. The van der Waals surface area contributed by atoms with Gasteiger partial charge in [-0.25, -0.2) is 0 Å². The van der Waals surface area contributed by atoms with E-state index in [9.17, 15) is 0 Å². The van der Waals surface area contributed by atoms with Crippen LogP contribution in [0.25, 0.3) is 0 Å². The van der Waals surface area contributed by atoms with Gasteiger partial charge in [0.25, 0.3) is 0 Å². The summed E-state index contributed by atoms with van der Waals surface area (Å²) in [5.74, 6) is 2.83. The van der Waals surface area contributed by atoms with Crippen molar-refractivity contribution < 1.29 is 16.8 Å². The molecule has 1 fully saturated rings. The van der Waals surface area contributed by atoms with E-state index in [4.69, 9.17) is 0 Å². The molecule has 1 rings (SSSR count). The van der Waals surface area contributed by atoms with Crippen LogP contribution in [0.5, 0.6) is 0 Å². The summed E-state index contributed by atoms with van der Waals surface area (Å²) in [6.45, 7) is 0. The summed E-state index contributed by atoms with van der Waals surface area (Å²) >= 11 is 2.07. The monoisotopic (exact) mass is 147 g/mol. The maximum absolute atomic E-state index is 2.07. The summed E-state index contributed by atoms with van der Waals surface area (Å²) < 4.78 is 0. The fraction of sp³-hybridized carbons (Fsp3) is 1.00. The van der Waals surface area contributed by atoms with Crippen LogP contribution in [0.15, 0.2) is 0 Å². The number of rotatable bonds is 0. The van der Waals surface area contributed by atoms with E-state index in [2.05, 4.69) is 11.8 Å². The Balaban J connectivity index is 0.000000250. The van der Waals surface area contributed by atoms with Crippen molar-refractivity contribution >= 4 is 11.8 Å². The zero-order valence-corrected chi connectivity index (χ0v) is 5.43. The third-order valence-corrected chi connectivity index (χ3v) is 1.98. The molecule has 0 nitrogen and oxygen atoms in total. The van der Waals surface area contributed by atoms with Gasteiger partial charge >= 0.3 is 0 Å². The van der Waals surface area contributed by atoms with Crippen molar-refractivity contribution in [2.75, 3.05) is 11.5 Å². The van der Waals surface area contributed by atoms with E-state index in [1.807, 2.05) is 0 Å². The van der Waals surface area contributed by atoms with Crippen LogP contribution in [0, 0.1) is 0 Å². The summed E-state index contributed by atoms with van der Waals surface area (Å²) in [5.41, 5.74) is 0. The summed E-state index contributed by atoms with van der Waals surface area (Å²) in [6, 6.07) is 0. The molecule has 0 unspecified atom stereocenters. The van der Waals surface area contributed by atoms with Crippen LogP contribution in [0.4, 0.5) is 0 Å². The Morgan fingerprint density at radius 2 is 1.50 bits per heavy atom. The third-order valence-electron chi connectivity index (χ3n) is 0.827. The summed E-state index contributed by atoms with van der Waals surface area (Å²) in [5, 5.41) is 0. The fourth-order valence-electron chi connectivity index (χ4n) is 0.510. The zero-order valence-electron chi connectivity index (χ0n) is 3.57. The molecule has 6 heavy (non-hydrogen) atoms. The Morgan fingerprint density at radius 1 is 1.00 bits per heavy atom. The maximum atomic E-state index is 2.07. The molecule has 0 aromatic heterocycles. The Morgan fingerprint density at radius 3 is 1.67 bits per heavy atom. The normalized spacial score (nSPS) is 20.0. The zero-order chi connectivity index (χ0) is 3.54. The first kappa shape index (κ1) is 6.86. The molecule has 0 saturated carbocycles. The van der Waals surface area contributed by atoms with Crippen molar-refractivity contribution in [3.05, 3.63) is 0 Å². The van der Waals surface area contributed by atoms with E-state index < -0.39 is 0 Å². The Labute approximate surface area is 53.3 Å². The molecule has 0 aromatic rings. The fourth-order valence-corrected chi connectivity index (χ4v) is 1.53. The van der Waals surface area contributed by atoms with Crippen LogP contribution in [-0.4, -0.2) is 11.5 Å². The molecule has 1 radical (unpaired) electrons. The van der Waals surface area contributed by atoms with Crippen LogP contribution < -0.4 is 0 Å². The van der Waals surface area contributed by atoms with Gasteiger partial charge in [0.1, 0.15) is 0 Å². The topological polar surface area (TPSA) is 0 Å². The van der Waals surface area contributed by atoms with Gasteiger partial charge < -0.3 is 0 Å². The molecule has 39 valence electrons. The molecule has 0 amide bonds. The smallest absolute Gasteiger partial charge is 0 e. The molecule has 1 heterocycles. The van der Waals surface area contributed by atoms with Crippen LogP contribution >= 0.6 is 11.8 Å². The van der Waals surface area contributed by atoms with Crippen LogP contribution in [-0.2, 0) is 16.8 Å². The average Bonchev–Trinajstić information content (AvgIpc) is 1.76. The van der Waals surface area contributed by atoms with Gasteiger partial charge in [0.05, 0.1) is 0 Å². The van der Waals surface area contributed by atoms with Crippen molar-refractivity contribution in [2.24, 2.45) is 0 Å². The second-order valence-electron chi connectivity index (χ2n) is 1.32. The molecule has 1 aliphatic heterocycles. The second-order valence-corrected chi connectivity index (χ2v) is 2.54. The van der Waals surface area contributed by atoms with Gasteiger partial charge in [-0.3, -0.25) is 0 Å². The van der Waals surface area contributed by atoms with Crippen LogP contribution in [0.1, 0.15) is 12.8 Å². The molecule has 0 aliphatic carbocycles. The Hall–Kier alpha value is 0.856. The van der Waals surface area contributed by atoms with E-state index in [1.54, 1.807) is 0 Å². The van der Waals surface area contributed by atoms with Crippen molar-refractivity contribution in [3.63, 3.8) is 0 Å². The summed E-state index contributed by atoms with van der Waals surface area (Å²) in [7, 11) is 0. The van der Waals surface area contributed by atoms with E-state index in [-0.39, 0.29) is 16.8 Å². The van der Waals surface area contributed by atoms with Crippen molar-refractivity contribution in [3.8, 4) is 0 Å². The molecule has 0 bridgehead atoms. The van der Waals surface area contributed by atoms with Gasteiger partial charge in [-0.1, -0.05) is 0 Å². The Bertz CT molecular complexity index is 19.1. The predicted octanol–water partition coefficient (Wildman–Crippen LogP) is 1.51. The van der Waals surface area contributed by atoms with E-state index in [1.165, 1.54) is 24.3 Å². The largest absolute Gasteiger partial charge is 0.162 e. The van der Waals surface area contributed by atoms with Crippen molar-refractivity contribution in [2.45, 2.75) is 12.8 Å². The first-order chi connectivity index (χ1) is 2.50. The van der Waals surface area contributed by atoms with Gasteiger partial charge in [-0.15, -0.1) is 0 Å². The minimum Gasteiger partial charge on any atom is -0.162 e. The molecule has 0 spiro atoms. The first-order valence-electron chi connectivity index (χ1n) is 2.08. The van der Waals surface area contributed by atoms with E-state index >= 15 is 0 Å². The SMILES string of the molecule is C1CCSC1.[Co]. The van der Waals surface area contributed by atoms with Crippen molar-refractivity contribution in [1.82, 2.24) is 0 Å². The predicted molar refractivity (Wildman–Crippen MR) is 26.6 cm³/mol. The molecular formula is C4H8CoS. The second kappa shape index (κ2) is 4.03. The number of thioether (sulfide) groups is 1. The quantitative estimate of drug-likeness (QED) is 0.500. The van der Waals surface area contributed by atoms with E-state index in [0.29, 0.717) is 0 Å². The number of hydrogen-bond acceptors (Lipinski definition) is 1. The first-order valence-corrected chi connectivity index (χ1v) is 3.23. The van der Waals surface area contributed by atoms with Crippen LogP contribution in [0.3, 0.4) is 0 Å². The van der Waals surface area contributed by atoms with Gasteiger partial charge in [-0.05, 0) is 24.3 Å². The third kappa shape index (κ3) is 2.11. The molecular weight excluding hydrogens is 139 g/mol. The summed E-state index contributed by atoms with van der Waals surface area (Å²) in [4.78, 5) is 0. The van der Waals surface area contributed by atoms with Crippen LogP contribution in [0.2, 0.25) is 0 Å². The van der Waals surface area contributed by atoms with Gasteiger partial charge in [0, 0.05) is 16.8 Å². The van der Waals surface area contributed by atoms with Gasteiger partial charge in [0.2, 0.25) is 0 Å². The van der Waals surface area contributed by atoms with Crippen molar-refractivity contribution in [1.29, 1.82) is 0 Å². The average molecular weight is 147 g/mol. The minimum absolute atomic E-state index is 0. The van der Waals surface area contributed by atoms with Gasteiger partial charge in [0.15, 0.2) is 0 Å². The Kier molecular flexibility index (Phi) is 4.60.